The fourth-order valence-electron chi connectivity index (χ4n) is 1.89. The van der Waals surface area contributed by atoms with E-state index in [0.717, 1.165) is 25.1 Å². The van der Waals surface area contributed by atoms with Crippen molar-refractivity contribution < 1.29 is 50.3 Å². The van der Waals surface area contributed by atoms with Crippen molar-refractivity contribution >= 4 is 0 Å². The van der Waals surface area contributed by atoms with Crippen LogP contribution in [0.1, 0.15) is 12.5 Å². The van der Waals surface area contributed by atoms with Gasteiger partial charge in [-0.05, 0) is 25.1 Å². The van der Waals surface area contributed by atoms with Crippen LogP contribution < -0.4 is 14.8 Å². The summed E-state index contributed by atoms with van der Waals surface area (Å²) < 4.78 is 9.12. The predicted molar refractivity (Wildman–Crippen MR) is 64.1 cm³/mol. The summed E-state index contributed by atoms with van der Waals surface area (Å²) >= 11 is 0. The lowest BCUT2D eigenvalue weighted by Crippen LogP contribution is -2.66. The second kappa shape index (κ2) is 4.73. The van der Waals surface area contributed by atoms with E-state index in [-0.39, 0.29) is 11.5 Å². The summed E-state index contributed by atoms with van der Waals surface area (Å²) in [5.41, 5.74) is -3.29. The monoisotopic (exact) mass is 321 g/mol. The highest BCUT2D eigenvalue weighted by atomic mass is 17.0. The smallest absolute Gasteiger partial charge is 0.403 e. The number of benzene rings is 1. The van der Waals surface area contributed by atoms with Crippen LogP contribution in [-0.4, -0.2) is 58.8 Å². The zero-order valence-electron chi connectivity index (χ0n) is 11.1. The van der Waals surface area contributed by atoms with Crippen LogP contribution in [0.4, 0.5) is 0 Å². The van der Waals surface area contributed by atoms with Gasteiger partial charge in [0.1, 0.15) is 0 Å². The van der Waals surface area contributed by atoms with Crippen molar-refractivity contribution in [2.75, 3.05) is 0 Å². The molecule has 124 valence electrons. The average Bonchev–Trinajstić information content (AvgIpc) is 2.57. The lowest BCUT2D eigenvalue weighted by molar-refractivity contribution is -0.388. The molecule has 2 rings (SSSR count). The molecule has 22 heavy (non-hydrogen) atoms. The van der Waals surface area contributed by atoms with Gasteiger partial charge in [0.25, 0.3) is 0 Å². The minimum absolute atomic E-state index is 0.127. The molecule has 11 heteroatoms. The number of ether oxygens (including phenoxy) is 2. The van der Waals surface area contributed by atoms with Crippen LogP contribution in [0.3, 0.4) is 0 Å². The van der Waals surface area contributed by atoms with Crippen molar-refractivity contribution in [1.82, 2.24) is 5.32 Å². The Bertz CT molecular complexity index is 577. The van der Waals surface area contributed by atoms with E-state index in [1.54, 1.807) is 0 Å². The van der Waals surface area contributed by atoms with Crippen molar-refractivity contribution in [2.24, 2.45) is 0 Å². The molecule has 0 fully saturated rings. The first kappa shape index (κ1) is 16.8. The van der Waals surface area contributed by atoms with Gasteiger partial charge in [0.15, 0.2) is 17.2 Å². The van der Waals surface area contributed by atoms with Gasteiger partial charge in [0.05, 0.1) is 0 Å². The van der Waals surface area contributed by atoms with E-state index < -0.39 is 29.3 Å². The first-order valence-corrected chi connectivity index (χ1v) is 5.84. The number of fused-ring (bicyclic) bond motifs is 1. The van der Waals surface area contributed by atoms with Gasteiger partial charge in [-0.15, -0.1) is 0 Å². The zero-order chi connectivity index (χ0) is 17.0. The molecular formula is C11H15NO10. The highest BCUT2D eigenvalue weighted by Gasteiger charge is 2.50. The predicted octanol–water partition coefficient (Wildman–Crippen LogP) is -3.92. The Morgan fingerprint density at radius 2 is 1.50 bits per heavy atom. The minimum Gasteiger partial charge on any atom is -0.403 e. The van der Waals surface area contributed by atoms with Gasteiger partial charge < -0.3 is 40.1 Å². The molecule has 0 amide bonds. The molecule has 0 aromatic heterocycles. The lowest BCUT2D eigenvalue weighted by Gasteiger charge is -2.39. The lowest BCUT2D eigenvalue weighted by atomic mass is 9.95. The Kier molecular flexibility index (Phi) is 3.61. The topological polar surface area (TPSA) is 192 Å². The summed E-state index contributed by atoms with van der Waals surface area (Å²) in [6.07, 6.45) is -6.52. The molecule has 0 saturated carbocycles. The van der Waals surface area contributed by atoms with E-state index in [2.05, 4.69) is 9.47 Å². The van der Waals surface area contributed by atoms with Crippen molar-refractivity contribution in [3.63, 3.8) is 0 Å². The Morgan fingerprint density at radius 3 is 2.05 bits per heavy atom. The molecule has 9 N–H and O–H groups in total. The maximum atomic E-state index is 10.0. The van der Waals surface area contributed by atoms with Crippen LogP contribution in [0.5, 0.6) is 11.5 Å². The van der Waals surface area contributed by atoms with Gasteiger partial charge in [-0.1, -0.05) is 0 Å². The van der Waals surface area contributed by atoms with E-state index in [0.29, 0.717) is 0 Å². The molecule has 1 heterocycles. The maximum absolute atomic E-state index is 10.0. The van der Waals surface area contributed by atoms with Gasteiger partial charge in [-0.25, -0.2) is 5.32 Å². The molecular weight excluding hydrogens is 306 g/mol. The molecule has 1 atom stereocenters. The summed E-state index contributed by atoms with van der Waals surface area (Å²) in [6.45, 7) is 0.734. The Hall–Kier alpha value is -1.54. The van der Waals surface area contributed by atoms with Crippen LogP contribution in [-0.2, 0) is 5.79 Å². The van der Waals surface area contributed by atoms with Crippen LogP contribution in [0.2, 0.25) is 0 Å². The number of hydrogen-bond donors (Lipinski definition) is 9. The summed E-state index contributed by atoms with van der Waals surface area (Å²) in [7, 11) is 0. The molecule has 0 aliphatic carbocycles. The summed E-state index contributed by atoms with van der Waals surface area (Å²) in [6, 6.07) is 3.00. The number of rotatable bonds is 4. The van der Waals surface area contributed by atoms with Crippen molar-refractivity contribution in [2.45, 2.75) is 30.7 Å². The molecule has 0 spiro atoms. The standard InChI is InChI=1S/C11H15NO10/c1-8(13,12-10(16,17)18)9(14,15)5-2-3-6-7(4-5)22-11(19,20)21-6/h2-4,12-20H,1H3. The first-order chi connectivity index (χ1) is 9.74. The maximum Gasteiger partial charge on any atom is 0.505 e. The third-order valence-electron chi connectivity index (χ3n) is 2.92. The van der Waals surface area contributed by atoms with E-state index >= 15 is 0 Å². The minimum atomic E-state index is -3.60. The normalized spacial score (nSPS) is 19.9. The Labute approximate surface area is 122 Å². The van der Waals surface area contributed by atoms with Crippen molar-refractivity contribution in [1.29, 1.82) is 0 Å². The van der Waals surface area contributed by atoms with E-state index in [9.17, 15) is 15.3 Å². The summed E-state index contributed by atoms with van der Waals surface area (Å²) in [5, 5.41) is 76.0. The zero-order valence-corrected chi connectivity index (χ0v) is 11.1. The quantitative estimate of drug-likeness (QED) is 0.246. The van der Waals surface area contributed by atoms with Crippen LogP contribution in [0, 0.1) is 0 Å². The van der Waals surface area contributed by atoms with Gasteiger partial charge in [0.2, 0.25) is 5.79 Å². The fraction of sp³-hybridized carbons (Fsp3) is 0.455. The number of nitrogens with one attached hydrogen (secondary N) is 1. The molecule has 1 aromatic rings. The fourth-order valence-corrected chi connectivity index (χ4v) is 1.89. The number of aliphatic hydroxyl groups is 8. The van der Waals surface area contributed by atoms with E-state index in [1.807, 2.05) is 0 Å². The molecule has 0 bridgehead atoms. The Morgan fingerprint density at radius 1 is 0.955 bits per heavy atom. The molecule has 0 radical (unpaired) electrons. The molecule has 1 aromatic carbocycles. The third-order valence-corrected chi connectivity index (χ3v) is 2.92. The molecule has 11 nitrogen and oxygen atoms in total. The number of hydrogen-bond acceptors (Lipinski definition) is 11. The van der Waals surface area contributed by atoms with Crippen molar-refractivity contribution in [3.05, 3.63) is 23.8 Å². The summed E-state index contributed by atoms with van der Waals surface area (Å²) in [5.74, 6) is -3.56. The van der Waals surface area contributed by atoms with Crippen molar-refractivity contribution in [3.8, 4) is 11.5 Å². The average molecular weight is 321 g/mol. The van der Waals surface area contributed by atoms with Crippen LogP contribution >= 0.6 is 0 Å². The molecule has 0 saturated heterocycles. The van der Waals surface area contributed by atoms with Gasteiger partial charge >= 0.3 is 12.3 Å². The third kappa shape index (κ3) is 3.12. The van der Waals surface area contributed by atoms with E-state index in [1.165, 1.54) is 5.32 Å². The Balaban J connectivity index is 2.35. The summed E-state index contributed by atoms with van der Waals surface area (Å²) in [4.78, 5) is 0. The second-order valence-corrected chi connectivity index (χ2v) is 4.92. The van der Waals surface area contributed by atoms with E-state index in [4.69, 9.17) is 25.5 Å². The second-order valence-electron chi connectivity index (χ2n) is 4.92. The molecule has 1 aliphatic heterocycles. The van der Waals surface area contributed by atoms with Gasteiger partial charge in [-0.2, -0.15) is 0 Å². The van der Waals surface area contributed by atoms with Gasteiger partial charge in [0, 0.05) is 5.56 Å². The molecule has 1 aliphatic rings. The highest BCUT2D eigenvalue weighted by molar-refractivity contribution is 5.46. The molecule has 1 unspecified atom stereocenters. The highest BCUT2D eigenvalue weighted by Crippen LogP contribution is 2.41. The SMILES string of the molecule is CC(O)(NC(O)(O)O)C(O)(O)c1ccc2c(c1)OC(O)(O)O2. The van der Waals surface area contributed by atoms with Crippen LogP contribution in [0.15, 0.2) is 18.2 Å². The first-order valence-electron chi connectivity index (χ1n) is 5.84. The largest absolute Gasteiger partial charge is 0.505 e. The van der Waals surface area contributed by atoms with Gasteiger partial charge in [-0.3, -0.25) is 10.2 Å². The van der Waals surface area contributed by atoms with Crippen LogP contribution in [0.25, 0.3) is 0 Å².